The van der Waals surface area contributed by atoms with Gasteiger partial charge in [0.25, 0.3) is 0 Å². The maximum absolute atomic E-state index is 13.1. The molecule has 1 heterocycles. The van der Waals surface area contributed by atoms with Gasteiger partial charge in [-0.3, -0.25) is 0 Å². The van der Waals surface area contributed by atoms with Crippen molar-refractivity contribution in [2.24, 2.45) is 0 Å². The second-order valence-electron chi connectivity index (χ2n) is 7.32. The largest absolute Gasteiger partial charge is 0.317 e. The highest BCUT2D eigenvalue weighted by atomic mass is 32.2. The van der Waals surface area contributed by atoms with Gasteiger partial charge in [0.1, 0.15) is 0 Å². The van der Waals surface area contributed by atoms with Gasteiger partial charge in [0.05, 0.1) is 14.7 Å². The number of nitrogens with one attached hydrogen (secondary N) is 2. The molecule has 0 radical (unpaired) electrons. The Morgan fingerprint density at radius 2 is 1.57 bits per heavy atom. The molecule has 2 aromatic carbocycles. The standard InChI is InChI=1S/C20H26N2O4S2/c1-15(2)19-9-8-18(27(23,24)17-6-4-3-5-7-17)14-20(19)28(25,26)22-16-10-12-21-13-11-16/h3-9,14-16,21-22H,10-13H2,1-2H3. The predicted octanol–water partition coefficient (Wildman–Crippen LogP) is 2.67. The minimum atomic E-state index is -3.84. The molecule has 1 aliphatic rings. The molecule has 0 saturated carbocycles. The molecular formula is C20H26N2O4S2. The van der Waals surface area contributed by atoms with Gasteiger partial charge in [-0.1, -0.05) is 38.1 Å². The molecule has 0 atom stereocenters. The molecular weight excluding hydrogens is 396 g/mol. The van der Waals surface area contributed by atoms with E-state index in [2.05, 4.69) is 10.0 Å². The van der Waals surface area contributed by atoms with Crippen LogP contribution in [0.2, 0.25) is 0 Å². The topological polar surface area (TPSA) is 92.3 Å². The van der Waals surface area contributed by atoms with E-state index in [4.69, 9.17) is 0 Å². The highest BCUT2D eigenvalue weighted by Crippen LogP contribution is 2.29. The summed E-state index contributed by atoms with van der Waals surface area (Å²) in [4.78, 5) is 0.161. The van der Waals surface area contributed by atoms with Gasteiger partial charge in [0.2, 0.25) is 19.9 Å². The molecule has 6 nitrogen and oxygen atoms in total. The summed E-state index contributed by atoms with van der Waals surface area (Å²) < 4.78 is 54.9. The number of rotatable bonds is 6. The maximum atomic E-state index is 13.1. The van der Waals surface area contributed by atoms with E-state index >= 15 is 0 Å². The van der Waals surface area contributed by atoms with Gasteiger partial charge in [0.15, 0.2) is 0 Å². The van der Waals surface area contributed by atoms with Crippen LogP contribution in [0.3, 0.4) is 0 Å². The van der Waals surface area contributed by atoms with E-state index in [0.29, 0.717) is 18.4 Å². The van der Waals surface area contributed by atoms with Crippen LogP contribution in [-0.2, 0) is 19.9 Å². The fourth-order valence-corrected chi connectivity index (χ4v) is 6.43. The smallest absolute Gasteiger partial charge is 0.241 e. The van der Waals surface area contributed by atoms with Crippen LogP contribution < -0.4 is 10.0 Å². The summed E-state index contributed by atoms with van der Waals surface area (Å²) in [5, 5.41) is 3.20. The van der Waals surface area contributed by atoms with Gasteiger partial charge < -0.3 is 5.32 Å². The van der Waals surface area contributed by atoms with Gasteiger partial charge >= 0.3 is 0 Å². The molecule has 0 bridgehead atoms. The molecule has 3 rings (SSSR count). The van der Waals surface area contributed by atoms with Crippen LogP contribution in [0.5, 0.6) is 0 Å². The Morgan fingerprint density at radius 3 is 2.18 bits per heavy atom. The first kappa shape index (κ1) is 21.0. The van der Waals surface area contributed by atoms with E-state index in [1.807, 2.05) is 13.8 Å². The fourth-order valence-electron chi connectivity index (χ4n) is 3.35. The van der Waals surface area contributed by atoms with E-state index < -0.39 is 19.9 Å². The van der Waals surface area contributed by atoms with E-state index in [1.54, 1.807) is 24.3 Å². The van der Waals surface area contributed by atoms with Crippen molar-refractivity contribution in [2.75, 3.05) is 13.1 Å². The molecule has 1 aliphatic heterocycles. The maximum Gasteiger partial charge on any atom is 0.241 e. The van der Waals surface area contributed by atoms with Crippen LogP contribution in [0.15, 0.2) is 63.2 Å². The van der Waals surface area contributed by atoms with Crippen molar-refractivity contribution in [3.8, 4) is 0 Å². The summed E-state index contributed by atoms with van der Waals surface area (Å²) in [6.45, 7) is 5.30. The molecule has 2 aromatic rings. The number of sulfone groups is 1. The van der Waals surface area contributed by atoms with Crippen LogP contribution >= 0.6 is 0 Å². The van der Waals surface area contributed by atoms with Crippen molar-refractivity contribution in [3.63, 3.8) is 0 Å². The van der Waals surface area contributed by atoms with Gasteiger partial charge in [0, 0.05) is 6.04 Å². The van der Waals surface area contributed by atoms with Crippen molar-refractivity contribution in [1.82, 2.24) is 10.0 Å². The fraction of sp³-hybridized carbons (Fsp3) is 0.400. The van der Waals surface area contributed by atoms with E-state index in [-0.39, 0.29) is 26.6 Å². The molecule has 1 saturated heterocycles. The molecule has 1 fully saturated rings. The summed E-state index contributed by atoms with van der Waals surface area (Å²) >= 11 is 0. The zero-order chi connectivity index (χ0) is 20.4. The van der Waals surface area contributed by atoms with Gasteiger partial charge in [-0.25, -0.2) is 21.6 Å². The second kappa shape index (κ2) is 8.32. The Balaban J connectivity index is 2.05. The predicted molar refractivity (Wildman–Crippen MR) is 109 cm³/mol. The number of sulfonamides is 1. The van der Waals surface area contributed by atoms with E-state index in [1.165, 1.54) is 24.3 Å². The van der Waals surface area contributed by atoms with E-state index in [9.17, 15) is 16.8 Å². The van der Waals surface area contributed by atoms with Crippen LogP contribution in [0.25, 0.3) is 0 Å². The average Bonchev–Trinajstić information content (AvgIpc) is 2.68. The molecule has 0 amide bonds. The molecule has 0 unspecified atom stereocenters. The normalized spacial score (nSPS) is 16.4. The van der Waals surface area contributed by atoms with Crippen LogP contribution in [0, 0.1) is 0 Å². The summed E-state index contributed by atoms with van der Waals surface area (Å²) in [5.41, 5.74) is 0.605. The van der Waals surface area contributed by atoms with E-state index in [0.717, 1.165) is 13.1 Å². The third-order valence-corrected chi connectivity index (χ3v) is 8.26. The van der Waals surface area contributed by atoms with Crippen molar-refractivity contribution in [3.05, 3.63) is 54.1 Å². The summed E-state index contributed by atoms with van der Waals surface area (Å²) in [7, 11) is -7.64. The Bertz CT molecular complexity index is 1030. The third kappa shape index (κ3) is 4.46. The quantitative estimate of drug-likeness (QED) is 0.747. The van der Waals surface area contributed by atoms with Crippen molar-refractivity contribution in [1.29, 1.82) is 0 Å². The highest BCUT2D eigenvalue weighted by Gasteiger charge is 2.27. The van der Waals surface area contributed by atoms with Gasteiger partial charge in [-0.2, -0.15) is 0 Å². The van der Waals surface area contributed by atoms with Crippen molar-refractivity contribution < 1.29 is 16.8 Å². The second-order valence-corrected chi connectivity index (χ2v) is 10.9. The zero-order valence-electron chi connectivity index (χ0n) is 16.1. The summed E-state index contributed by atoms with van der Waals surface area (Å²) in [6.07, 6.45) is 1.41. The number of piperidine rings is 1. The highest BCUT2D eigenvalue weighted by molar-refractivity contribution is 7.91. The number of hydrogen-bond donors (Lipinski definition) is 2. The van der Waals surface area contributed by atoms with Gasteiger partial charge in [-0.05, 0) is 61.7 Å². The molecule has 152 valence electrons. The van der Waals surface area contributed by atoms with Crippen LogP contribution in [0.1, 0.15) is 38.2 Å². The van der Waals surface area contributed by atoms with Crippen LogP contribution in [0.4, 0.5) is 0 Å². The lowest BCUT2D eigenvalue weighted by Crippen LogP contribution is -2.42. The van der Waals surface area contributed by atoms with Crippen molar-refractivity contribution in [2.45, 2.75) is 53.3 Å². The Hall–Kier alpha value is -1.74. The first-order valence-electron chi connectivity index (χ1n) is 9.39. The Labute approximate surface area is 167 Å². The Morgan fingerprint density at radius 1 is 0.929 bits per heavy atom. The van der Waals surface area contributed by atoms with Crippen LogP contribution in [-0.4, -0.2) is 36.0 Å². The first-order chi connectivity index (χ1) is 13.2. The molecule has 2 N–H and O–H groups in total. The zero-order valence-corrected chi connectivity index (χ0v) is 17.7. The SMILES string of the molecule is CC(C)c1ccc(S(=O)(=O)c2ccccc2)cc1S(=O)(=O)NC1CCNCC1. The lowest BCUT2D eigenvalue weighted by molar-refractivity contribution is 0.426. The average molecular weight is 423 g/mol. The number of hydrogen-bond acceptors (Lipinski definition) is 5. The number of benzene rings is 2. The molecule has 8 heteroatoms. The Kier molecular flexibility index (Phi) is 6.24. The minimum Gasteiger partial charge on any atom is -0.317 e. The van der Waals surface area contributed by atoms with Gasteiger partial charge in [-0.15, -0.1) is 0 Å². The lowest BCUT2D eigenvalue weighted by atomic mass is 10.0. The molecule has 28 heavy (non-hydrogen) atoms. The van der Waals surface area contributed by atoms with Crippen molar-refractivity contribution >= 4 is 19.9 Å². The molecule has 0 aliphatic carbocycles. The monoisotopic (exact) mass is 422 g/mol. The third-order valence-electron chi connectivity index (χ3n) is 4.92. The summed E-state index contributed by atoms with van der Waals surface area (Å²) in [6, 6.07) is 12.3. The molecule has 0 aromatic heterocycles. The summed E-state index contributed by atoms with van der Waals surface area (Å²) in [5.74, 6) is -0.0620. The molecule has 0 spiro atoms. The lowest BCUT2D eigenvalue weighted by Gasteiger charge is -2.24. The first-order valence-corrected chi connectivity index (χ1v) is 12.4. The minimum absolute atomic E-state index is 0.0196.